The molecule has 5 rings (SSSR count). The number of aliphatic carboxylic acids is 1. The number of carbonyl (C=O) groups is 1. The molecule has 10 heteroatoms. The summed E-state index contributed by atoms with van der Waals surface area (Å²) in [6.45, 7) is 10.5. The monoisotopic (exact) mass is 614 g/mol. The van der Waals surface area contributed by atoms with E-state index in [0.717, 1.165) is 68.0 Å². The van der Waals surface area contributed by atoms with Crippen LogP contribution in [-0.4, -0.2) is 69.4 Å². The van der Waals surface area contributed by atoms with Gasteiger partial charge in [-0.1, -0.05) is 38.1 Å². The highest BCUT2D eigenvalue weighted by Gasteiger charge is 2.41. The van der Waals surface area contributed by atoms with Crippen molar-refractivity contribution in [3.05, 3.63) is 88.5 Å². The third kappa shape index (κ3) is 7.34. The molecule has 0 saturated carbocycles. The fourth-order valence-corrected chi connectivity index (χ4v) is 7.21. The summed E-state index contributed by atoms with van der Waals surface area (Å²) in [5.74, 6) is -0.558. The second-order valence-electron chi connectivity index (χ2n) is 12.7. The van der Waals surface area contributed by atoms with Gasteiger partial charge >= 0.3 is 12.1 Å². The summed E-state index contributed by atoms with van der Waals surface area (Å²) in [7, 11) is 0. The van der Waals surface area contributed by atoms with E-state index in [9.17, 15) is 27.5 Å². The third-order valence-electron chi connectivity index (χ3n) is 9.35. The maximum absolute atomic E-state index is 14.2. The molecule has 44 heavy (non-hydrogen) atoms. The van der Waals surface area contributed by atoms with Crippen LogP contribution in [-0.2, 0) is 23.9 Å². The first-order chi connectivity index (χ1) is 20.9. The molecule has 2 aliphatic rings. The van der Waals surface area contributed by atoms with Crippen LogP contribution in [0.5, 0.6) is 0 Å². The number of carboxylic acid groups (broad SMARTS) is 1. The molecule has 1 aromatic heterocycles. The van der Waals surface area contributed by atoms with Gasteiger partial charge in [-0.3, -0.25) is 14.4 Å². The van der Waals surface area contributed by atoms with Gasteiger partial charge in [0.25, 0.3) is 0 Å². The first-order valence-electron chi connectivity index (χ1n) is 15.6. The number of benzene rings is 2. The first-order valence-corrected chi connectivity index (χ1v) is 15.6. The predicted molar refractivity (Wildman–Crippen MR) is 161 cm³/mol. The minimum absolute atomic E-state index is 0.0392. The van der Waals surface area contributed by atoms with Crippen LogP contribution in [0, 0.1) is 17.7 Å². The van der Waals surface area contributed by atoms with E-state index in [0.29, 0.717) is 25.4 Å². The highest BCUT2D eigenvalue weighted by Crippen LogP contribution is 2.37. The fraction of sp³-hybridized carbons (Fsp3) is 0.529. The SMILES string of the molecule is CCn1nc(Cc2ccc(C(F)(F)F)cc2)cc1C1CCN(C[C@H]2CN([C@@H](C(=O)O)C(C)C)C[C@@H]2c2cccc(F)c2)CC1. The van der Waals surface area contributed by atoms with Gasteiger partial charge in [0, 0.05) is 50.1 Å². The van der Waals surface area contributed by atoms with E-state index in [4.69, 9.17) is 5.10 Å². The zero-order chi connectivity index (χ0) is 31.6. The molecule has 2 aliphatic heterocycles. The Bertz CT molecular complexity index is 1410. The van der Waals surface area contributed by atoms with Crippen LogP contribution in [0.3, 0.4) is 0 Å². The van der Waals surface area contributed by atoms with Crippen LogP contribution in [0.25, 0.3) is 0 Å². The summed E-state index contributed by atoms with van der Waals surface area (Å²) in [5, 5.41) is 14.7. The smallest absolute Gasteiger partial charge is 0.416 e. The minimum atomic E-state index is -4.35. The van der Waals surface area contributed by atoms with Gasteiger partial charge < -0.3 is 10.0 Å². The average Bonchev–Trinajstić information content (AvgIpc) is 3.57. The van der Waals surface area contributed by atoms with Gasteiger partial charge in [-0.25, -0.2) is 4.39 Å². The number of likely N-dealkylation sites (tertiary alicyclic amines) is 2. The number of rotatable bonds is 10. The number of nitrogens with zero attached hydrogens (tertiary/aromatic N) is 4. The number of carboxylic acids is 1. The Morgan fingerprint density at radius 2 is 1.75 bits per heavy atom. The van der Waals surface area contributed by atoms with E-state index in [1.807, 2.05) is 31.5 Å². The molecule has 3 atom stereocenters. The fourth-order valence-electron chi connectivity index (χ4n) is 7.21. The van der Waals surface area contributed by atoms with Gasteiger partial charge in [-0.05, 0) is 86.1 Å². The predicted octanol–water partition coefficient (Wildman–Crippen LogP) is 6.66. The highest BCUT2D eigenvalue weighted by atomic mass is 19.4. The van der Waals surface area contributed by atoms with Crippen LogP contribution in [0.1, 0.15) is 73.5 Å². The van der Waals surface area contributed by atoms with Gasteiger partial charge in [-0.2, -0.15) is 18.3 Å². The zero-order valence-electron chi connectivity index (χ0n) is 25.6. The quantitative estimate of drug-likeness (QED) is 0.259. The Morgan fingerprint density at radius 1 is 1.05 bits per heavy atom. The maximum Gasteiger partial charge on any atom is 0.416 e. The van der Waals surface area contributed by atoms with Crippen molar-refractivity contribution in [2.75, 3.05) is 32.7 Å². The standard InChI is InChI=1S/C34H42F4N4O2/c1-4-42-31(18-29(39-42)16-23-8-10-27(11-9-23)34(36,37)38)24-12-14-40(15-13-24)19-26-20-41(32(22(2)3)33(43)44)21-30(26)25-6-5-7-28(35)17-25/h5-11,17-18,22,24,26,30,32H,4,12-16,19-21H2,1-3H3,(H,43,44)/t26-,30+,32+/m0/s1. The Morgan fingerprint density at radius 3 is 2.34 bits per heavy atom. The molecular formula is C34H42F4N4O2. The molecule has 2 fully saturated rings. The number of hydrogen-bond donors (Lipinski definition) is 1. The molecule has 0 bridgehead atoms. The van der Waals surface area contributed by atoms with Crippen molar-refractivity contribution in [2.24, 2.45) is 11.8 Å². The molecule has 0 radical (unpaired) electrons. The van der Waals surface area contributed by atoms with Gasteiger partial charge in [0.2, 0.25) is 0 Å². The van der Waals surface area contributed by atoms with Gasteiger partial charge in [-0.15, -0.1) is 0 Å². The lowest BCUT2D eigenvalue weighted by molar-refractivity contribution is -0.144. The molecule has 6 nitrogen and oxygen atoms in total. The summed E-state index contributed by atoms with van der Waals surface area (Å²) in [5.41, 5.74) is 3.09. The van der Waals surface area contributed by atoms with Crippen LogP contribution in [0.2, 0.25) is 0 Å². The summed E-state index contributed by atoms with van der Waals surface area (Å²) in [4.78, 5) is 16.7. The van der Waals surface area contributed by atoms with Crippen LogP contribution < -0.4 is 0 Å². The number of piperidine rings is 1. The van der Waals surface area contributed by atoms with Gasteiger partial charge in [0.1, 0.15) is 11.9 Å². The Hall–Kier alpha value is -3.24. The largest absolute Gasteiger partial charge is 0.480 e. The Labute approximate surface area is 256 Å². The molecule has 3 aromatic rings. The number of aryl methyl sites for hydroxylation is 1. The van der Waals surface area contributed by atoms with Crippen molar-refractivity contribution in [2.45, 2.75) is 70.6 Å². The molecule has 238 valence electrons. The number of alkyl halides is 3. The van der Waals surface area contributed by atoms with Crippen molar-refractivity contribution in [3.63, 3.8) is 0 Å². The van der Waals surface area contributed by atoms with Crippen molar-refractivity contribution in [3.8, 4) is 0 Å². The molecular weight excluding hydrogens is 572 g/mol. The van der Waals surface area contributed by atoms with Crippen LogP contribution in [0.4, 0.5) is 17.6 Å². The van der Waals surface area contributed by atoms with Crippen molar-refractivity contribution < 1.29 is 27.5 Å². The number of aromatic nitrogens is 2. The Kier molecular flexibility index (Phi) is 9.80. The molecule has 2 saturated heterocycles. The van der Waals surface area contributed by atoms with Crippen LogP contribution in [0.15, 0.2) is 54.6 Å². The lowest BCUT2D eigenvalue weighted by atomic mass is 9.87. The van der Waals surface area contributed by atoms with E-state index < -0.39 is 23.8 Å². The van der Waals surface area contributed by atoms with Gasteiger partial charge in [0.05, 0.1) is 11.3 Å². The lowest BCUT2D eigenvalue weighted by Gasteiger charge is -2.35. The highest BCUT2D eigenvalue weighted by molar-refractivity contribution is 5.73. The second-order valence-corrected chi connectivity index (χ2v) is 12.7. The normalized spacial score (nSPS) is 21.3. The van der Waals surface area contributed by atoms with Crippen molar-refractivity contribution in [1.29, 1.82) is 0 Å². The molecule has 0 aliphatic carbocycles. The summed E-state index contributed by atoms with van der Waals surface area (Å²) in [6, 6.07) is 13.5. The summed E-state index contributed by atoms with van der Waals surface area (Å²) < 4.78 is 55.1. The zero-order valence-corrected chi connectivity index (χ0v) is 25.6. The molecule has 0 spiro atoms. The van der Waals surface area contributed by atoms with Crippen molar-refractivity contribution in [1.82, 2.24) is 19.6 Å². The van der Waals surface area contributed by atoms with E-state index in [2.05, 4.69) is 15.9 Å². The third-order valence-corrected chi connectivity index (χ3v) is 9.35. The minimum Gasteiger partial charge on any atom is -0.480 e. The van der Waals surface area contributed by atoms with Crippen molar-refractivity contribution >= 4 is 5.97 Å². The molecule has 1 N–H and O–H groups in total. The van der Waals surface area contributed by atoms with Gasteiger partial charge in [0.15, 0.2) is 0 Å². The second kappa shape index (κ2) is 13.4. The molecule has 0 amide bonds. The maximum atomic E-state index is 14.2. The van der Waals surface area contributed by atoms with E-state index in [1.165, 1.54) is 23.9 Å². The van der Waals surface area contributed by atoms with E-state index >= 15 is 0 Å². The molecule has 0 unspecified atom stereocenters. The molecule has 3 heterocycles. The topological polar surface area (TPSA) is 61.6 Å². The van der Waals surface area contributed by atoms with Crippen LogP contribution >= 0.6 is 0 Å². The number of hydrogen-bond acceptors (Lipinski definition) is 4. The Balaban J connectivity index is 1.24. The summed E-state index contributed by atoms with van der Waals surface area (Å²) in [6.07, 6.45) is -1.96. The van der Waals surface area contributed by atoms with E-state index in [-0.39, 0.29) is 23.6 Å². The molecule has 2 aromatic carbocycles. The first kappa shape index (κ1) is 32.2. The van der Waals surface area contributed by atoms with E-state index in [1.54, 1.807) is 12.1 Å². The lowest BCUT2D eigenvalue weighted by Crippen LogP contribution is -2.44. The average molecular weight is 615 g/mol. The number of halogens is 4. The summed E-state index contributed by atoms with van der Waals surface area (Å²) >= 11 is 0.